The summed E-state index contributed by atoms with van der Waals surface area (Å²) in [6.07, 6.45) is 0. The van der Waals surface area contributed by atoms with E-state index in [2.05, 4.69) is 9.97 Å². The summed E-state index contributed by atoms with van der Waals surface area (Å²) in [5, 5.41) is 0. The second-order valence-electron chi connectivity index (χ2n) is 4.78. The van der Waals surface area contributed by atoms with Crippen molar-refractivity contribution in [3.8, 4) is 11.8 Å². The topological polar surface area (TPSA) is 87.6 Å². The van der Waals surface area contributed by atoms with Crippen LogP contribution in [0.15, 0.2) is 36.4 Å². The van der Waals surface area contributed by atoms with Gasteiger partial charge in [-0.1, -0.05) is 30.3 Å². The molecule has 8 heteroatoms. The third-order valence-corrected chi connectivity index (χ3v) is 4.03. The van der Waals surface area contributed by atoms with Crippen molar-refractivity contribution in [2.45, 2.75) is 26.2 Å². The molecule has 0 fully saturated rings. The quantitative estimate of drug-likeness (QED) is 0.640. The molecule has 0 aliphatic carbocycles. The van der Waals surface area contributed by atoms with Gasteiger partial charge in [-0.25, -0.2) is 0 Å². The van der Waals surface area contributed by atoms with E-state index < -0.39 is 10.1 Å². The highest BCUT2D eigenvalue weighted by Crippen LogP contribution is 2.17. The monoisotopic (exact) mass is 352 g/mol. The fourth-order valence-corrected chi connectivity index (χ4v) is 2.89. The zero-order chi connectivity index (χ0) is 17.4. The summed E-state index contributed by atoms with van der Waals surface area (Å²) in [7, 11) is -3.74. The second-order valence-corrected chi connectivity index (χ2v) is 6.42. The van der Waals surface area contributed by atoms with Gasteiger partial charge in [0, 0.05) is 0 Å². The smallest absolute Gasteiger partial charge is 0.271 e. The molecular weight excluding hydrogens is 332 g/mol. The number of rotatable bonds is 9. The molecule has 0 saturated carbocycles. The van der Waals surface area contributed by atoms with Crippen molar-refractivity contribution in [3.63, 3.8) is 0 Å². The fraction of sp³-hybridized carbons (Fsp3) is 0.375. The Morgan fingerprint density at radius 3 is 2.08 bits per heavy atom. The maximum atomic E-state index is 12.1. The minimum Gasteiger partial charge on any atom is -0.478 e. The van der Waals surface area contributed by atoms with Crippen LogP contribution in [0.4, 0.5) is 0 Å². The molecule has 130 valence electrons. The molecule has 24 heavy (non-hydrogen) atoms. The first-order chi connectivity index (χ1) is 11.5. The molecule has 0 bridgehead atoms. The van der Waals surface area contributed by atoms with Gasteiger partial charge in [-0.15, -0.1) is 0 Å². The van der Waals surface area contributed by atoms with Crippen LogP contribution >= 0.6 is 0 Å². The minimum atomic E-state index is -3.74. The van der Waals surface area contributed by atoms with Crippen LogP contribution in [0, 0.1) is 0 Å². The van der Waals surface area contributed by atoms with E-state index >= 15 is 0 Å². The van der Waals surface area contributed by atoms with Crippen LogP contribution < -0.4 is 9.47 Å². The number of benzene rings is 1. The Labute approximate surface area is 141 Å². The lowest BCUT2D eigenvalue weighted by molar-refractivity contribution is 0.275. The van der Waals surface area contributed by atoms with Gasteiger partial charge in [-0.3, -0.25) is 4.18 Å². The third-order valence-electron chi connectivity index (χ3n) is 2.86. The third kappa shape index (κ3) is 5.78. The molecular formula is C16H20N2O5S. The molecule has 1 aromatic carbocycles. The summed E-state index contributed by atoms with van der Waals surface area (Å²) in [6.45, 7) is 4.21. The highest BCUT2D eigenvalue weighted by Gasteiger charge is 2.15. The first-order valence-corrected chi connectivity index (χ1v) is 9.14. The van der Waals surface area contributed by atoms with Crippen LogP contribution in [0.25, 0.3) is 0 Å². The molecule has 0 N–H and O–H groups in total. The number of hydrogen-bond donors (Lipinski definition) is 0. The Balaban J connectivity index is 2.06. The molecule has 1 aromatic heterocycles. The van der Waals surface area contributed by atoms with Gasteiger partial charge in [0.15, 0.2) is 5.82 Å². The van der Waals surface area contributed by atoms with E-state index in [0.717, 1.165) is 0 Å². The Morgan fingerprint density at radius 2 is 1.54 bits per heavy atom. The van der Waals surface area contributed by atoms with E-state index in [9.17, 15) is 8.42 Å². The van der Waals surface area contributed by atoms with Crippen molar-refractivity contribution in [3.05, 3.63) is 47.8 Å². The predicted molar refractivity (Wildman–Crippen MR) is 88.2 cm³/mol. The average molecular weight is 352 g/mol. The summed E-state index contributed by atoms with van der Waals surface area (Å²) in [4.78, 5) is 8.23. The van der Waals surface area contributed by atoms with Crippen molar-refractivity contribution in [1.29, 1.82) is 0 Å². The Kier molecular flexibility index (Phi) is 6.51. The summed E-state index contributed by atoms with van der Waals surface area (Å²) < 4.78 is 39.8. The lowest BCUT2D eigenvalue weighted by atomic mass is 10.2. The van der Waals surface area contributed by atoms with Crippen LogP contribution in [0.1, 0.15) is 25.2 Å². The van der Waals surface area contributed by atoms with Crippen molar-refractivity contribution in [2.24, 2.45) is 0 Å². The maximum absolute atomic E-state index is 12.1. The number of ether oxygens (including phenoxy) is 2. The van der Waals surface area contributed by atoms with E-state index in [1.54, 1.807) is 30.3 Å². The van der Waals surface area contributed by atoms with E-state index in [4.69, 9.17) is 13.7 Å². The first kappa shape index (κ1) is 18.2. The van der Waals surface area contributed by atoms with E-state index in [1.165, 1.54) is 0 Å². The Hall–Kier alpha value is -2.19. The van der Waals surface area contributed by atoms with Crippen LogP contribution in [-0.2, 0) is 26.7 Å². The molecule has 2 rings (SSSR count). The highest BCUT2D eigenvalue weighted by atomic mass is 32.2. The van der Waals surface area contributed by atoms with Crippen molar-refractivity contribution >= 4 is 10.1 Å². The molecule has 0 aliphatic rings. The molecule has 0 amide bonds. The molecule has 1 heterocycles. The van der Waals surface area contributed by atoms with Crippen molar-refractivity contribution < 1.29 is 22.1 Å². The van der Waals surface area contributed by atoms with Gasteiger partial charge in [0.05, 0.1) is 19.3 Å². The Bertz CT molecular complexity index is 726. The van der Waals surface area contributed by atoms with Crippen LogP contribution in [0.5, 0.6) is 11.8 Å². The van der Waals surface area contributed by atoms with Crippen molar-refractivity contribution in [2.75, 3.05) is 13.2 Å². The summed E-state index contributed by atoms with van der Waals surface area (Å²) in [5.41, 5.74) is 0.650. The predicted octanol–water partition coefficient (Wildman–Crippen LogP) is 2.32. The molecule has 0 atom stereocenters. The summed E-state index contributed by atoms with van der Waals surface area (Å²) in [6, 6.07) is 10.4. The summed E-state index contributed by atoms with van der Waals surface area (Å²) in [5.74, 6) is 0.600. The molecule has 7 nitrogen and oxygen atoms in total. The van der Waals surface area contributed by atoms with Gasteiger partial charge in [-0.05, 0) is 19.4 Å². The molecule has 0 spiro atoms. The molecule has 0 radical (unpaired) electrons. The van der Waals surface area contributed by atoms with Gasteiger partial charge in [0.25, 0.3) is 10.1 Å². The maximum Gasteiger partial charge on any atom is 0.271 e. The van der Waals surface area contributed by atoms with Gasteiger partial charge < -0.3 is 9.47 Å². The van der Waals surface area contributed by atoms with Crippen LogP contribution in [-0.4, -0.2) is 31.6 Å². The second kappa shape index (κ2) is 8.60. The molecule has 0 unspecified atom stereocenters. The van der Waals surface area contributed by atoms with Gasteiger partial charge in [0.1, 0.15) is 12.4 Å². The van der Waals surface area contributed by atoms with E-state index in [0.29, 0.717) is 30.5 Å². The molecule has 0 saturated heterocycles. The minimum absolute atomic E-state index is 0.182. The van der Waals surface area contributed by atoms with Crippen molar-refractivity contribution in [1.82, 2.24) is 9.97 Å². The normalized spacial score (nSPS) is 11.2. The zero-order valence-electron chi connectivity index (χ0n) is 13.6. The number of nitrogens with zero attached hydrogens (tertiary/aromatic N) is 2. The van der Waals surface area contributed by atoms with Crippen LogP contribution in [0.3, 0.4) is 0 Å². The van der Waals surface area contributed by atoms with E-state index in [1.807, 2.05) is 19.9 Å². The van der Waals surface area contributed by atoms with Crippen LogP contribution in [0.2, 0.25) is 0 Å². The SMILES string of the molecule is CCOc1cc(OCC)nc(COS(=O)(=O)Cc2ccccc2)n1. The lowest BCUT2D eigenvalue weighted by Gasteiger charge is -2.09. The van der Waals surface area contributed by atoms with Gasteiger partial charge in [-0.2, -0.15) is 18.4 Å². The molecule has 2 aromatic rings. The number of aromatic nitrogens is 2. The first-order valence-electron chi connectivity index (χ1n) is 7.57. The zero-order valence-corrected chi connectivity index (χ0v) is 14.5. The van der Waals surface area contributed by atoms with Gasteiger partial charge >= 0.3 is 0 Å². The lowest BCUT2D eigenvalue weighted by Crippen LogP contribution is -2.11. The molecule has 0 aliphatic heterocycles. The average Bonchev–Trinajstić information content (AvgIpc) is 2.54. The van der Waals surface area contributed by atoms with E-state index in [-0.39, 0.29) is 18.2 Å². The fourth-order valence-electron chi connectivity index (χ4n) is 1.92. The number of hydrogen-bond acceptors (Lipinski definition) is 7. The highest BCUT2D eigenvalue weighted by molar-refractivity contribution is 7.85. The summed E-state index contributed by atoms with van der Waals surface area (Å²) >= 11 is 0. The van der Waals surface area contributed by atoms with Gasteiger partial charge in [0.2, 0.25) is 11.8 Å². The Morgan fingerprint density at radius 1 is 0.958 bits per heavy atom. The largest absolute Gasteiger partial charge is 0.478 e. The standard InChI is InChI=1S/C16H20N2O5S/c1-3-21-15-10-16(22-4-2)18-14(17-15)11-23-24(19,20)12-13-8-6-5-7-9-13/h5-10H,3-4,11-12H2,1-2H3.